The highest BCUT2D eigenvalue weighted by molar-refractivity contribution is 5.96. The van der Waals surface area contributed by atoms with Crippen LogP contribution in [0.5, 0.6) is 0 Å². The molecule has 1 aliphatic rings. The van der Waals surface area contributed by atoms with E-state index in [0.29, 0.717) is 5.92 Å². The van der Waals surface area contributed by atoms with Crippen molar-refractivity contribution < 1.29 is 0 Å². The minimum Gasteiger partial charge on any atom is -0.396 e. The predicted octanol–water partition coefficient (Wildman–Crippen LogP) is 2.88. The van der Waals surface area contributed by atoms with Gasteiger partial charge in [0.25, 0.3) is 0 Å². The highest BCUT2D eigenvalue weighted by Gasteiger charge is 2.26. The van der Waals surface area contributed by atoms with E-state index in [-0.39, 0.29) is 0 Å². The fourth-order valence-corrected chi connectivity index (χ4v) is 2.45. The molecule has 0 unspecified atom stereocenters. The van der Waals surface area contributed by atoms with Crippen LogP contribution in [0.3, 0.4) is 0 Å². The van der Waals surface area contributed by atoms with E-state index < -0.39 is 0 Å². The number of nitrogens with two attached hydrogens (primary N) is 1. The number of nitrogen functional groups attached to an aromatic ring is 1. The quantitative estimate of drug-likeness (QED) is 0.711. The molecule has 0 spiro atoms. The van der Waals surface area contributed by atoms with Gasteiger partial charge in [-0.05, 0) is 31.0 Å². The number of hydrogen-bond donors (Lipinski definition) is 1. The molecule has 4 rings (SSSR count). The molecule has 0 amide bonds. The van der Waals surface area contributed by atoms with Crippen molar-refractivity contribution in [1.82, 2.24) is 14.8 Å². The van der Waals surface area contributed by atoms with E-state index >= 15 is 0 Å². The lowest BCUT2D eigenvalue weighted by Gasteiger charge is -2.08. The molecule has 1 aromatic carbocycles. The molecule has 1 fully saturated rings. The van der Waals surface area contributed by atoms with Gasteiger partial charge in [0.15, 0.2) is 0 Å². The lowest BCUT2D eigenvalue weighted by atomic mass is 10.1. The molecule has 2 heterocycles. The van der Waals surface area contributed by atoms with Crippen LogP contribution in [0.15, 0.2) is 42.9 Å². The molecular weight excluding hydrogens is 236 g/mol. The monoisotopic (exact) mass is 250 g/mol. The molecule has 0 radical (unpaired) electrons. The summed E-state index contributed by atoms with van der Waals surface area (Å²) in [6.45, 7) is 0. The van der Waals surface area contributed by atoms with Gasteiger partial charge in [-0.15, -0.1) is 0 Å². The summed E-state index contributed by atoms with van der Waals surface area (Å²) >= 11 is 0. The van der Waals surface area contributed by atoms with Gasteiger partial charge in [-0.2, -0.15) is 5.10 Å². The Morgan fingerprint density at radius 3 is 2.89 bits per heavy atom. The molecule has 0 saturated heterocycles. The molecule has 4 nitrogen and oxygen atoms in total. The maximum absolute atomic E-state index is 6.26. The Labute approximate surface area is 110 Å². The van der Waals surface area contributed by atoms with Crippen LogP contribution in [-0.2, 0) is 0 Å². The van der Waals surface area contributed by atoms with Gasteiger partial charge in [-0.1, -0.05) is 6.07 Å². The zero-order valence-electron chi connectivity index (χ0n) is 10.5. The fraction of sp³-hybridized carbons (Fsp3) is 0.200. The van der Waals surface area contributed by atoms with Gasteiger partial charge in [-0.25, -0.2) is 4.68 Å². The lowest BCUT2D eigenvalue weighted by molar-refractivity contribution is 0.840. The highest BCUT2D eigenvalue weighted by Crippen LogP contribution is 2.39. The molecule has 2 N–H and O–H groups in total. The van der Waals surface area contributed by atoms with E-state index in [1.807, 2.05) is 35.3 Å². The van der Waals surface area contributed by atoms with Crippen molar-refractivity contribution in [3.8, 4) is 5.69 Å². The van der Waals surface area contributed by atoms with Crippen LogP contribution in [0.2, 0.25) is 0 Å². The summed E-state index contributed by atoms with van der Waals surface area (Å²) in [7, 11) is 0. The Bertz CT molecular complexity index is 756. The average molecular weight is 250 g/mol. The van der Waals surface area contributed by atoms with Crippen molar-refractivity contribution in [2.45, 2.75) is 18.8 Å². The van der Waals surface area contributed by atoms with Gasteiger partial charge < -0.3 is 5.73 Å². The van der Waals surface area contributed by atoms with Gasteiger partial charge in [-0.3, -0.25) is 4.98 Å². The summed E-state index contributed by atoms with van der Waals surface area (Å²) < 4.78 is 1.88. The molecule has 19 heavy (non-hydrogen) atoms. The second kappa shape index (κ2) is 3.82. The third kappa shape index (κ3) is 1.68. The lowest BCUT2D eigenvalue weighted by Crippen LogP contribution is -2.01. The maximum atomic E-state index is 6.26. The standard InChI is InChI=1S/C15H14N4/c16-15-12-5-7-17-9-11(12)3-4-14(15)19-8-6-13(18-19)10-1-2-10/h3-10H,1-2,16H2. The smallest absolute Gasteiger partial charge is 0.0881 e. The van der Waals surface area contributed by atoms with Crippen molar-refractivity contribution in [2.24, 2.45) is 0 Å². The van der Waals surface area contributed by atoms with Crippen LogP contribution in [-0.4, -0.2) is 14.8 Å². The Morgan fingerprint density at radius 1 is 1.16 bits per heavy atom. The summed E-state index contributed by atoms with van der Waals surface area (Å²) in [5, 5.41) is 6.71. The SMILES string of the molecule is Nc1c(-n2ccc(C3CC3)n2)ccc2cnccc12. The Kier molecular flexibility index (Phi) is 2.12. The number of hydrogen-bond acceptors (Lipinski definition) is 3. The first-order valence-corrected chi connectivity index (χ1v) is 6.51. The summed E-state index contributed by atoms with van der Waals surface area (Å²) in [5.41, 5.74) is 9.13. The zero-order chi connectivity index (χ0) is 12.8. The van der Waals surface area contributed by atoms with Crippen LogP contribution in [0.1, 0.15) is 24.5 Å². The second-order valence-corrected chi connectivity index (χ2v) is 5.05. The highest BCUT2D eigenvalue weighted by atomic mass is 15.3. The Balaban J connectivity index is 1.87. The molecule has 0 aliphatic heterocycles. The van der Waals surface area contributed by atoms with Crippen molar-refractivity contribution >= 4 is 16.5 Å². The van der Waals surface area contributed by atoms with E-state index in [2.05, 4.69) is 16.1 Å². The minimum atomic E-state index is 0.659. The molecular formula is C15H14N4. The van der Waals surface area contributed by atoms with Gasteiger partial charge in [0, 0.05) is 35.3 Å². The number of benzene rings is 1. The third-order valence-electron chi connectivity index (χ3n) is 3.69. The maximum Gasteiger partial charge on any atom is 0.0881 e. The average Bonchev–Trinajstić information content (AvgIpc) is 3.18. The van der Waals surface area contributed by atoms with Crippen molar-refractivity contribution in [2.75, 3.05) is 5.73 Å². The van der Waals surface area contributed by atoms with E-state index in [1.165, 1.54) is 18.5 Å². The van der Waals surface area contributed by atoms with Crippen molar-refractivity contribution in [1.29, 1.82) is 0 Å². The second-order valence-electron chi connectivity index (χ2n) is 5.05. The van der Waals surface area contributed by atoms with Crippen LogP contribution >= 0.6 is 0 Å². The first-order valence-electron chi connectivity index (χ1n) is 6.51. The number of rotatable bonds is 2. The first kappa shape index (κ1) is 10.6. The van der Waals surface area contributed by atoms with Crippen LogP contribution in [0, 0.1) is 0 Å². The van der Waals surface area contributed by atoms with Crippen LogP contribution in [0.4, 0.5) is 5.69 Å². The summed E-state index contributed by atoms with van der Waals surface area (Å²) in [6, 6.07) is 8.07. The molecule has 3 aromatic rings. The summed E-state index contributed by atoms with van der Waals surface area (Å²) in [4.78, 5) is 4.11. The first-order chi connectivity index (χ1) is 9.33. The van der Waals surface area contributed by atoms with Crippen LogP contribution < -0.4 is 5.73 Å². The van der Waals surface area contributed by atoms with Crippen molar-refractivity contribution in [3.63, 3.8) is 0 Å². The van der Waals surface area contributed by atoms with Gasteiger partial charge >= 0.3 is 0 Å². The van der Waals surface area contributed by atoms with E-state index in [9.17, 15) is 0 Å². The Morgan fingerprint density at radius 2 is 2.05 bits per heavy atom. The number of fused-ring (bicyclic) bond motifs is 1. The van der Waals surface area contributed by atoms with E-state index in [4.69, 9.17) is 5.73 Å². The van der Waals surface area contributed by atoms with Gasteiger partial charge in [0.1, 0.15) is 0 Å². The number of pyridine rings is 1. The molecule has 0 atom stereocenters. The predicted molar refractivity (Wildman–Crippen MR) is 75.3 cm³/mol. The molecule has 4 heteroatoms. The Hall–Kier alpha value is -2.36. The van der Waals surface area contributed by atoms with Crippen LogP contribution in [0.25, 0.3) is 16.5 Å². The van der Waals surface area contributed by atoms with Gasteiger partial charge in [0.05, 0.1) is 17.1 Å². The molecule has 1 saturated carbocycles. The topological polar surface area (TPSA) is 56.7 Å². The van der Waals surface area contributed by atoms with Crippen molar-refractivity contribution in [3.05, 3.63) is 48.5 Å². The number of anilines is 1. The van der Waals surface area contributed by atoms with Gasteiger partial charge in [0.2, 0.25) is 0 Å². The number of nitrogens with zero attached hydrogens (tertiary/aromatic N) is 3. The minimum absolute atomic E-state index is 0.659. The molecule has 0 bridgehead atoms. The molecule has 94 valence electrons. The third-order valence-corrected chi connectivity index (χ3v) is 3.69. The molecule has 1 aliphatic carbocycles. The zero-order valence-corrected chi connectivity index (χ0v) is 10.5. The normalized spacial score (nSPS) is 14.9. The van der Waals surface area contributed by atoms with E-state index in [1.54, 1.807) is 6.20 Å². The number of aromatic nitrogens is 3. The summed E-state index contributed by atoms with van der Waals surface area (Å²) in [6.07, 6.45) is 8.10. The summed E-state index contributed by atoms with van der Waals surface area (Å²) in [5.74, 6) is 0.659. The largest absolute Gasteiger partial charge is 0.396 e. The molecule has 2 aromatic heterocycles. The van der Waals surface area contributed by atoms with E-state index in [0.717, 1.165) is 22.1 Å². The fourth-order valence-electron chi connectivity index (χ4n) is 2.45.